The van der Waals surface area contributed by atoms with E-state index in [9.17, 15) is 4.79 Å². The zero-order valence-electron chi connectivity index (χ0n) is 13.2. The molecule has 126 valence electrons. The highest BCUT2D eigenvalue weighted by molar-refractivity contribution is 6.36. The zero-order chi connectivity index (χ0) is 16.4. The second-order valence-corrected chi connectivity index (χ2v) is 7.14. The molecule has 23 heavy (non-hydrogen) atoms. The van der Waals surface area contributed by atoms with E-state index in [0.717, 1.165) is 38.2 Å². The third kappa shape index (κ3) is 3.28. The summed E-state index contributed by atoms with van der Waals surface area (Å²) in [6, 6.07) is 1.70. The van der Waals surface area contributed by atoms with Crippen molar-refractivity contribution in [3.63, 3.8) is 0 Å². The number of piperidine rings is 1. The van der Waals surface area contributed by atoms with Crippen LogP contribution in [0.3, 0.4) is 0 Å². The lowest BCUT2D eigenvalue weighted by atomic mass is 9.78. The van der Waals surface area contributed by atoms with Gasteiger partial charge in [0.1, 0.15) is 5.82 Å². The average molecular weight is 358 g/mol. The van der Waals surface area contributed by atoms with Gasteiger partial charge in [0.25, 0.3) is 0 Å². The molecule has 1 spiro atoms. The van der Waals surface area contributed by atoms with Crippen LogP contribution in [0.2, 0.25) is 10.0 Å². The van der Waals surface area contributed by atoms with Crippen LogP contribution in [0.1, 0.15) is 19.3 Å². The quantitative estimate of drug-likeness (QED) is 0.830. The Balaban J connectivity index is 1.76. The Morgan fingerprint density at radius 3 is 2.91 bits per heavy atom. The van der Waals surface area contributed by atoms with Crippen molar-refractivity contribution in [1.82, 2.24) is 9.88 Å². The number of carbonyl (C=O) groups excluding carboxylic acids is 1. The Labute approximate surface area is 146 Å². The van der Waals surface area contributed by atoms with Crippen molar-refractivity contribution in [2.45, 2.75) is 19.3 Å². The molecule has 1 aromatic rings. The van der Waals surface area contributed by atoms with E-state index < -0.39 is 0 Å². The first kappa shape index (κ1) is 16.8. The van der Waals surface area contributed by atoms with E-state index in [1.165, 1.54) is 0 Å². The van der Waals surface area contributed by atoms with E-state index in [-0.39, 0.29) is 11.3 Å². The summed E-state index contributed by atoms with van der Waals surface area (Å²) in [6.07, 6.45) is 4.40. The van der Waals surface area contributed by atoms with Crippen LogP contribution >= 0.6 is 23.2 Å². The molecule has 0 unspecified atom stereocenters. The lowest BCUT2D eigenvalue weighted by Gasteiger charge is -2.39. The Bertz CT molecular complexity index is 599. The monoisotopic (exact) mass is 357 g/mol. The van der Waals surface area contributed by atoms with Gasteiger partial charge in [-0.05, 0) is 25.3 Å². The predicted octanol–water partition coefficient (Wildman–Crippen LogP) is 2.85. The highest BCUT2D eigenvalue weighted by Gasteiger charge is 2.48. The van der Waals surface area contributed by atoms with Crippen LogP contribution in [-0.4, -0.2) is 55.7 Å². The molecule has 0 radical (unpaired) electrons. The molecule has 2 aliphatic rings. The number of methoxy groups -OCH3 is 1. The maximum absolute atomic E-state index is 12.9. The Morgan fingerprint density at radius 2 is 2.17 bits per heavy atom. The number of ether oxygens (including phenoxy) is 1. The SMILES string of the molecule is COCCN1CCC[C@@]2(CCN(c3ncc(Cl)cc3Cl)C2)C1=O. The van der Waals surface area contributed by atoms with Gasteiger partial charge in [-0.15, -0.1) is 0 Å². The number of anilines is 1. The molecule has 7 heteroatoms. The Kier molecular flexibility index (Phi) is 4.99. The summed E-state index contributed by atoms with van der Waals surface area (Å²) in [4.78, 5) is 21.3. The summed E-state index contributed by atoms with van der Waals surface area (Å²) in [5, 5.41) is 1.06. The smallest absolute Gasteiger partial charge is 0.230 e. The Morgan fingerprint density at radius 1 is 1.35 bits per heavy atom. The predicted molar refractivity (Wildman–Crippen MR) is 91.2 cm³/mol. The number of carbonyl (C=O) groups is 1. The molecule has 0 saturated carbocycles. The standard InChI is InChI=1S/C16H21Cl2N3O2/c1-23-8-7-20-5-2-3-16(15(20)22)4-6-21(11-16)14-13(18)9-12(17)10-19-14/h9-10H,2-8,11H2,1H3/t16-/m0/s1. The summed E-state index contributed by atoms with van der Waals surface area (Å²) >= 11 is 12.2. The normalized spacial score (nSPS) is 24.7. The first-order chi connectivity index (χ1) is 11.1. The van der Waals surface area contributed by atoms with Gasteiger partial charge in [-0.2, -0.15) is 0 Å². The number of likely N-dealkylation sites (tertiary alicyclic amines) is 1. The number of pyridine rings is 1. The molecule has 3 rings (SSSR count). The van der Waals surface area contributed by atoms with Gasteiger partial charge < -0.3 is 14.5 Å². The van der Waals surface area contributed by atoms with Crippen LogP contribution < -0.4 is 4.90 Å². The van der Waals surface area contributed by atoms with E-state index >= 15 is 0 Å². The third-order valence-electron chi connectivity index (χ3n) is 4.83. The number of rotatable bonds is 4. The highest BCUT2D eigenvalue weighted by atomic mass is 35.5. The van der Waals surface area contributed by atoms with Gasteiger partial charge in [0.05, 0.1) is 22.1 Å². The molecule has 2 aliphatic heterocycles. The van der Waals surface area contributed by atoms with Gasteiger partial charge >= 0.3 is 0 Å². The molecule has 2 fully saturated rings. The van der Waals surface area contributed by atoms with Crippen LogP contribution in [0.5, 0.6) is 0 Å². The fraction of sp³-hybridized carbons (Fsp3) is 0.625. The second-order valence-electron chi connectivity index (χ2n) is 6.30. The van der Waals surface area contributed by atoms with E-state index in [1.807, 2.05) is 4.90 Å². The van der Waals surface area contributed by atoms with Crippen molar-refractivity contribution in [1.29, 1.82) is 0 Å². The van der Waals surface area contributed by atoms with Crippen molar-refractivity contribution in [2.24, 2.45) is 5.41 Å². The largest absolute Gasteiger partial charge is 0.383 e. The van der Waals surface area contributed by atoms with Gasteiger partial charge in [0.2, 0.25) is 5.91 Å². The lowest BCUT2D eigenvalue weighted by molar-refractivity contribution is -0.145. The second kappa shape index (κ2) is 6.83. The third-order valence-corrected chi connectivity index (χ3v) is 5.32. The number of aromatic nitrogens is 1. The maximum Gasteiger partial charge on any atom is 0.230 e. The maximum atomic E-state index is 12.9. The molecule has 5 nitrogen and oxygen atoms in total. The van der Waals surface area contributed by atoms with Crippen molar-refractivity contribution in [2.75, 3.05) is 44.8 Å². The zero-order valence-corrected chi connectivity index (χ0v) is 14.7. The summed E-state index contributed by atoms with van der Waals surface area (Å²) in [7, 11) is 1.66. The van der Waals surface area contributed by atoms with Gasteiger partial charge in [-0.25, -0.2) is 4.98 Å². The number of nitrogens with zero attached hydrogens (tertiary/aromatic N) is 3. The molecule has 3 heterocycles. The number of hydrogen-bond acceptors (Lipinski definition) is 4. The summed E-state index contributed by atoms with van der Waals surface area (Å²) in [5.41, 5.74) is -0.309. The van der Waals surface area contributed by atoms with Crippen LogP contribution in [-0.2, 0) is 9.53 Å². The van der Waals surface area contributed by atoms with E-state index in [1.54, 1.807) is 19.4 Å². The minimum absolute atomic E-state index is 0.244. The first-order valence-electron chi connectivity index (χ1n) is 7.90. The molecule has 0 N–H and O–H groups in total. The first-order valence-corrected chi connectivity index (χ1v) is 8.66. The summed E-state index contributed by atoms with van der Waals surface area (Å²) in [6.45, 7) is 3.53. The van der Waals surface area contributed by atoms with Crippen molar-refractivity contribution >= 4 is 34.9 Å². The van der Waals surface area contributed by atoms with Gasteiger partial charge in [0, 0.05) is 39.5 Å². The summed E-state index contributed by atoms with van der Waals surface area (Å²) in [5.74, 6) is 0.961. The Hall–Kier alpha value is -1.04. The number of hydrogen-bond donors (Lipinski definition) is 0. The topological polar surface area (TPSA) is 45.7 Å². The average Bonchev–Trinajstić information content (AvgIpc) is 2.94. The van der Waals surface area contributed by atoms with E-state index in [0.29, 0.717) is 29.7 Å². The highest BCUT2D eigenvalue weighted by Crippen LogP contribution is 2.42. The molecule has 0 bridgehead atoms. The van der Waals surface area contributed by atoms with Gasteiger partial charge in [-0.1, -0.05) is 23.2 Å². The molecular formula is C16H21Cl2N3O2. The van der Waals surface area contributed by atoms with Crippen molar-refractivity contribution < 1.29 is 9.53 Å². The minimum Gasteiger partial charge on any atom is -0.383 e. The van der Waals surface area contributed by atoms with Crippen molar-refractivity contribution in [3.05, 3.63) is 22.3 Å². The van der Waals surface area contributed by atoms with Gasteiger partial charge in [0.15, 0.2) is 0 Å². The molecular weight excluding hydrogens is 337 g/mol. The fourth-order valence-electron chi connectivity index (χ4n) is 3.64. The van der Waals surface area contributed by atoms with Gasteiger partial charge in [-0.3, -0.25) is 4.79 Å². The molecule has 1 amide bonds. The molecule has 1 atom stereocenters. The molecule has 1 aromatic heterocycles. The fourth-order valence-corrected chi connectivity index (χ4v) is 4.14. The minimum atomic E-state index is -0.309. The van der Waals surface area contributed by atoms with Crippen LogP contribution in [0, 0.1) is 5.41 Å². The number of amides is 1. The van der Waals surface area contributed by atoms with E-state index in [2.05, 4.69) is 9.88 Å². The van der Waals surface area contributed by atoms with E-state index in [4.69, 9.17) is 27.9 Å². The van der Waals surface area contributed by atoms with Crippen LogP contribution in [0.15, 0.2) is 12.3 Å². The van der Waals surface area contributed by atoms with Crippen molar-refractivity contribution in [3.8, 4) is 0 Å². The lowest BCUT2D eigenvalue weighted by Crippen LogP contribution is -2.51. The molecule has 0 aromatic carbocycles. The summed E-state index contributed by atoms with van der Waals surface area (Å²) < 4.78 is 5.12. The number of halogens is 2. The van der Waals surface area contributed by atoms with Crippen LogP contribution in [0.25, 0.3) is 0 Å². The molecule has 0 aliphatic carbocycles. The van der Waals surface area contributed by atoms with Crippen LogP contribution in [0.4, 0.5) is 5.82 Å². The molecule has 2 saturated heterocycles.